The summed E-state index contributed by atoms with van der Waals surface area (Å²) in [6.45, 7) is 6.49. The van der Waals surface area contributed by atoms with E-state index in [2.05, 4.69) is 81.5 Å². The van der Waals surface area contributed by atoms with E-state index in [4.69, 9.17) is 14.2 Å². The van der Waals surface area contributed by atoms with E-state index in [1.807, 2.05) is 0 Å². The Bertz CT molecular complexity index is 1280. The molecule has 0 spiro atoms. The molecule has 6 nitrogen and oxygen atoms in total. The molecule has 1 unspecified atom stereocenters. The molecular weight excluding hydrogens is 877 g/mol. The van der Waals surface area contributed by atoms with Gasteiger partial charge in [0.2, 0.25) is 0 Å². The molecule has 6 heteroatoms. The first-order valence-electron chi connectivity index (χ1n) is 30.8. The molecule has 0 aliphatic heterocycles. The molecule has 0 aromatic carbocycles. The van der Waals surface area contributed by atoms with Gasteiger partial charge in [-0.2, -0.15) is 0 Å². The minimum atomic E-state index is -0.771. The van der Waals surface area contributed by atoms with E-state index >= 15 is 0 Å². The van der Waals surface area contributed by atoms with Gasteiger partial charge in [-0.3, -0.25) is 14.4 Å². The van der Waals surface area contributed by atoms with E-state index in [-0.39, 0.29) is 31.1 Å². The van der Waals surface area contributed by atoms with Crippen molar-refractivity contribution in [3.63, 3.8) is 0 Å². The Kier molecular flexibility index (Phi) is 57.2. The molecule has 0 heterocycles. The van der Waals surface area contributed by atoms with Crippen molar-refractivity contribution in [3.8, 4) is 0 Å². The Morgan fingerprint density at radius 3 is 0.930 bits per heavy atom. The van der Waals surface area contributed by atoms with Gasteiger partial charge in [0.25, 0.3) is 0 Å². The Hall–Kier alpha value is -2.89. The molecule has 0 aliphatic rings. The highest BCUT2D eigenvalue weighted by atomic mass is 16.6. The van der Waals surface area contributed by atoms with Crippen LogP contribution in [0, 0.1) is 0 Å². The van der Waals surface area contributed by atoms with Gasteiger partial charge in [0.1, 0.15) is 13.2 Å². The van der Waals surface area contributed by atoms with Crippen LogP contribution in [0.4, 0.5) is 0 Å². The fraction of sp³-hybridized carbons (Fsp3) is 0.800. The first-order chi connectivity index (χ1) is 35.0. The molecule has 0 saturated heterocycles. The minimum absolute atomic E-state index is 0.0718. The van der Waals surface area contributed by atoms with E-state index < -0.39 is 6.10 Å². The second kappa shape index (κ2) is 59.7. The highest BCUT2D eigenvalue weighted by molar-refractivity contribution is 5.71. The highest BCUT2D eigenvalue weighted by Gasteiger charge is 2.19. The van der Waals surface area contributed by atoms with Crippen LogP contribution in [0.3, 0.4) is 0 Å². The monoisotopic (exact) mass is 993 g/mol. The number of esters is 3. The SMILES string of the molecule is CC/C=C\C/C=C\C/C=C\C/C=C\CCCCCCCCCCCCCCCCCCCCC(=O)OCC(COC(=O)CCCCCCC/C=C\CCC)OC(=O)CCCCCCCCCCCCCC. The molecule has 0 aromatic heterocycles. The quantitative estimate of drug-likeness (QED) is 0.0261. The van der Waals surface area contributed by atoms with Crippen molar-refractivity contribution in [2.75, 3.05) is 13.2 Å². The maximum Gasteiger partial charge on any atom is 0.306 e. The number of hydrogen-bond acceptors (Lipinski definition) is 6. The molecule has 0 N–H and O–H groups in total. The normalized spacial score (nSPS) is 12.4. The van der Waals surface area contributed by atoms with E-state index in [1.165, 1.54) is 180 Å². The first kappa shape index (κ1) is 68.1. The summed E-state index contributed by atoms with van der Waals surface area (Å²) in [6, 6.07) is 0. The molecule has 71 heavy (non-hydrogen) atoms. The van der Waals surface area contributed by atoms with Crippen molar-refractivity contribution in [2.45, 2.75) is 322 Å². The maximum absolute atomic E-state index is 12.8. The van der Waals surface area contributed by atoms with Gasteiger partial charge < -0.3 is 14.2 Å². The fourth-order valence-electron chi connectivity index (χ4n) is 8.91. The highest BCUT2D eigenvalue weighted by Crippen LogP contribution is 2.17. The molecule has 0 rings (SSSR count). The van der Waals surface area contributed by atoms with Crippen LogP contribution in [-0.4, -0.2) is 37.2 Å². The lowest BCUT2D eigenvalue weighted by Gasteiger charge is -2.18. The molecule has 0 bridgehead atoms. The van der Waals surface area contributed by atoms with E-state index in [0.717, 1.165) is 96.3 Å². The summed E-state index contributed by atoms with van der Waals surface area (Å²) in [6.07, 6.45) is 75.3. The Morgan fingerprint density at radius 1 is 0.296 bits per heavy atom. The topological polar surface area (TPSA) is 78.9 Å². The average molecular weight is 994 g/mol. The summed E-state index contributed by atoms with van der Waals surface area (Å²) in [5, 5.41) is 0. The third-order valence-corrected chi connectivity index (χ3v) is 13.5. The zero-order chi connectivity index (χ0) is 51.4. The van der Waals surface area contributed by atoms with Crippen LogP contribution in [0.15, 0.2) is 60.8 Å². The number of ether oxygens (including phenoxy) is 3. The van der Waals surface area contributed by atoms with Crippen LogP contribution >= 0.6 is 0 Å². The van der Waals surface area contributed by atoms with Crippen LogP contribution in [0.25, 0.3) is 0 Å². The molecule has 0 aromatic rings. The van der Waals surface area contributed by atoms with Gasteiger partial charge in [0.15, 0.2) is 6.10 Å². The van der Waals surface area contributed by atoms with Crippen molar-refractivity contribution < 1.29 is 28.6 Å². The number of carbonyl (C=O) groups is 3. The van der Waals surface area contributed by atoms with Crippen molar-refractivity contribution >= 4 is 17.9 Å². The summed E-state index contributed by atoms with van der Waals surface area (Å²) in [5.74, 6) is -0.869. The molecule has 0 fully saturated rings. The average Bonchev–Trinajstić information content (AvgIpc) is 3.37. The molecule has 1 atom stereocenters. The van der Waals surface area contributed by atoms with Crippen LogP contribution < -0.4 is 0 Å². The number of unbranched alkanes of at least 4 members (excludes halogenated alkanes) is 35. The second-order valence-electron chi connectivity index (χ2n) is 20.6. The maximum atomic E-state index is 12.8. The van der Waals surface area contributed by atoms with Gasteiger partial charge in [-0.1, -0.05) is 281 Å². The largest absolute Gasteiger partial charge is 0.462 e. The Morgan fingerprint density at radius 2 is 0.577 bits per heavy atom. The molecule has 0 radical (unpaired) electrons. The predicted octanol–water partition coefficient (Wildman–Crippen LogP) is 20.8. The summed E-state index contributed by atoms with van der Waals surface area (Å²) < 4.78 is 16.8. The van der Waals surface area contributed by atoms with Gasteiger partial charge in [0, 0.05) is 19.3 Å². The standard InChI is InChI=1S/C65H116O6/c1-4-7-10-13-16-19-22-24-25-26-27-28-29-30-31-32-33-34-35-36-37-38-39-40-41-42-44-46-49-52-55-58-64(67)70-61-62(60-69-63(66)57-54-51-48-45-21-18-15-12-9-6-3)71-65(68)59-56-53-50-47-43-23-20-17-14-11-8-5-2/h7,10,12,15-16,19,24-25,27-28,62H,4-6,8-9,11,13-14,17-18,20-23,26,29-61H2,1-3H3/b10-7-,15-12-,19-16-,25-24-,28-27-. The van der Waals surface area contributed by atoms with Crippen molar-refractivity contribution in [3.05, 3.63) is 60.8 Å². The van der Waals surface area contributed by atoms with Gasteiger partial charge >= 0.3 is 17.9 Å². The smallest absolute Gasteiger partial charge is 0.306 e. The van der Waals surface area contributed by atoms with Crippen LogP contribution in [0.1, 0.15) is 316 Å². The van der Waals surface area contributed by atoms with Gasteiger partial charge in [-0.05, 0) is 77.0 Å². The van der Waals surface area contributed by atoms with E-state index in [1.54, 1.807) is 0 Å². The Labute approximate surface area is 440 Å². The zero-order valence-corrected chi connectivity index (χ0v) is 47.2. The number of carbonyl (C=O) groups excluding carboxylic acids is 3. The van der Waals surface area contributed by atoms with E-state index in [0.29, 0.717) is 19.3 Å². The molecule has 0 amide bonds. The lowest BCUT2D eigenvalue weighted by molar-refractivity contribution is -0.167. The van der Waals surface area contributed by atoms with Gasteiger partial charge in [-0.15, -0.1) is 0 Å². The van der Waals surface area contributed by atoms with Crippen LogP contribution in [-0.2, 0) is 28.6 Å². The molecule has 412 valence electrons. The number of hydrogen-bond donors (Lipinski definition) is 0. The van der Waals surface area contributed by atoms with E-state index in [9.17, 15) is 14.4 Å². The molecule has 0 aliphatic carbocycles. The Balaban J connectivity index is 4.05. The summed E-state index contributed by atoms with van der Waals surface area (Å²) in [4.78, 5) is 38.0. The van der Waals surface area contributed by atoms with Crippen molar-refractivity contribution in [2.24, 2.45) is 0 Å². The third kappa shape index (κ3) is 57.9. The molecule has 0 saturated carbocycles. The van der Waals surface area contributed by atoms with Crippen LogP contribution in [0.2, 0.25) is 0 Å². The van der Waals surface area contributed by atoms with Gasteiger partial charge in [0.05, 0.1) is 0 Å². The minimum Gasteiger partial charge on any atom is -0.462 e. The summed E-state index contributed by atoms with van der Waals surface area (Å²) >= 11 is 0. The number of allylic oxidation sites excluding steroid dienone is 10. The first-order valence-corrected chi connectivity index (χ1v) is 30.8. The lowest BCUT2D eigenvalue weighted by atomic mass is 10.0. The number of rotatable bonds is 56. The molecular formula is C65H116O6. The zero-order valence-electron chi connectivity index (χ0n) is 47.2. The van der Waals surface area contributed by atoms with Crippen LogP contribution in [0.5, 0.6) is 0 Å². The summed E-state index contributed by atoms with van der Waals surface area (Å²) in [5.41, 5.74) is 0. The lowest BCUT2D eigenvalue weighted by Crippen LogP contribution is -2.30. The fourth-order valence-corrected chi connectivity index (χ4v) is 8.91. The van der Waals surface area contributed by atoms with Crippen molar-refractivity contribution in [1.29, 1.82) is 0 Å². The van der Waals surface area contributed by atoms with Crippen molar-refractivity contribution in [1.82, 2.24) is 0 Å². The predicted molar refractivity (Wildman–Crippen MR) is 307 cm³/mol. The summed E-state index contributed by atoms with van der Waals surface area (Å²) in [7, 11) is 0. The second-order valence-corrected chi connectivity index (χ2v) is 20.6. The van der Waals surface area contributed by atoms with Gasteiger partial charge in [-0.25, -0.2) is 0 Å². The third-order valence-electron chi connectivity index (χ3n) is 13.5.